The van der Waals surface area contributed by atoms with Crippen molar-refractivity contribution in [3.8, 4) is 0 Å². The highest BCUT2D eigenvalue weighted by Gasteiger charge is 2.34. The second-order valence-electron chi connectivity index (χ2n) is 6.54. The summed E-state index contributed by atoms with van der Waals surface area (Å²) < 4.78 is 0. The minimum Gasteiger partial charge on any atom is -0.366 e. The van der Waals surface area contributed by atoms with Crippen LogP contribution in [0.4, 0.5) is 0 Å². The third-order valence-electron chi connectivity index (χ3n) is 4.86. The van der Waals surface area contributed by atoms with Crippen LogP contribution in [0.25, 0.3) is 0 Å². The highest BCUT2D eigenvalue weighted by Crippen LogP contribution is 2.34. The summed E-state index contributed by atoms with van der Waals surface area (Å²) in [4.78, 5) is 26.1. The average molecular weight is 322 g/mol. The maximum atomic E-state index is 12.9. The van der Waals surface area contributed by atoms with Crippen molar-refractivity contribution < 1.29 is 9.59 Å². The highest BCUT2D eigenvalue weighted by molar-refractivity contribution is 5.99. The molecule has 0 aliphatic carbocycles. The maximum Gasteiger partial charge on any atom is 0.254 e. The SMILES string of the molecule is Cc1ccccc1C1CC(C)N(C(=O)c2cccc(C(N)=O)c2)C1. The van der Waals surface area contributed by atoms with Crippen LogP contribution in [0.5, 0.6) is 0 Å². The Hall–Kier alpha value is -2.62. The van der Waals surface area contributed by atoms with Crippen molar-refractivity contribution in [2.24, 2.45) is 5.73 Å². The molecule has 0 saturated carbocycles. The lowest BCUT2D eigenvalue weighted by Gasteiger charge is -2.22. The van der Waals surface area contributed by atoms with E-state index in [4.69, 9.17) is 5.73 Å². The van der Waals surface area contributed by atoms with Gasteiger partial charge in [0.2, 0.25) is 5.91 Å². The summed E-state index contributed by atoms with van der Waals surface area (Å²) in [6, 6.07) is 15.2. The van der Waals surface area contributed by atoms with Crippen molar-refractivity contribution in [1.29, 1.82) is 0 Å². The number of rotatable bonds is 3. The monoisotopic (exact) mass is 322 g/mol. The van der Waals surface area contributed by atoms with E-state index in [1.165, 1.54) is 11.1 Å². The van der Waals surface area contributed by atoms with Crippen LogP contribution >= 0.6 is 0 Å². The predicted molar refractivity (Wildman–Crippen MR) is 94.0 cm³/mol. The first kappa shape index (κ1) is 16.2. The van der Waals surface area contributed by atoms with Crippen LogP contribution in [0.15, 0.2) is 48.5 Å². The van der Waals surface area contributed by atoms with Gasteiger partial charge in [-0.3, -0.25) is 9.59 Å². The van der Waals surface area contributed by atoms with Gasteiger partial charge in [0, 0.05) is 29.6 Å². The summed E-state index contributed by atoms with van der Waals surface area (Å²) in [5.74, 6) is -0.205. The Bertz CT molecular complexity index is 785. The number of benzene rings is 2. The molecule has 2 atom stereocenters. The zero-order chi connectivity index (χ0) is 17.3. The Morgan fingerprint density at radius 2 is 1.79 bits per heavy atom. The molecule has 0 aromatic heterocycles. The van der Waals surface area contributed by atoms with E-state index >= 15 is 0 Å². The molecule has 0 spiro atoms. The molecule has 0 radical (unpaired) electrons. The first-order chi connectivity index (χ1) is 11.5. The van der Waals surface area contributed by atoms with Gasteiger partial charge in [0.15, 0.2) is 0 Å². The van der Waals surface area contributed by atoms with Gasteiger partial charge in [-0.1, -0.05) is 30.3 Å². The Labute approximate surface area is 142 Å². The van der Waals surface area contributed by atoms with Crippen LogP contribution in [0.3, 0.4) is 0 Å². The number of likely N-dealkylation sites (tertiary alicyclic amines) is 1. The molecular weight excluding hydrogens is 300 g/mol. The quantitative estimate of drug-likeness (QED) is 0.943. The number of carbonyl (C=O) groups is 2. The van der Waals surface area contributed by atoms with Gasteiger partial charge in [0.1, 0.15) is 0 Å². The summed E-state index contributed by atoms with van der Waals surface area (Å²) in [6.45, 7) is 4.89. The van der Waals surface area contributed by atoms with E-state index in [9.17, 15) is 9.59 Å². The lowest BCUT2D eigenvalue weighted by molar-refractivity contribution is 0.0746. The molecule has 1 aliphatic rings. The van der Waals surface area contributed by atoms with Crippen LogP contribution in [0.2, 0.25) is 0 Å². The lowest BCUT2D eigenvalue weighted by Crippen LogP contribution is -2.34. The highest BCUT2D eigenvalue weighted by atomic mass is 16.2. The molecule has 24 heavy (non-hydrogen) atoms. The first-order valence-corrected chi connectivity index (χ1v) is 8.23. The molecule has 3 rings (SSSR count). The van der Waals surface area contributed by atoms with Gasteiger partial charge < -0.3 is 10.6 Å². The summed E-state index contributed by atoms with van der Waals surface area (Å²) in [5.41, 5.74) is 8.77. The lowest BCUT2D eigenvalue weighted by atomic mass is 9.93. The van der Waals surface area contributed by atoms with Gasteiger partial charge in [-0.05, 0) is 49.6 Å². The van der Waals surface area contributed by atoms with Crippen molar-refractivity contribution in [1.82, 2.24) is 4.90 Å². The maximum absolute atomic E-state index is 12.9. The third kappa shape index (κ3) is 3.04. The second kappa shape index (κ2) is 6.48. The zero-order valence-electron chi connectivity index (χ0n) is 14.0. The van der Waals surface area contributed by atoms with Gasteiger partial charge in [0.25, 0.3) is 5.91 Å². The van der Waals surface area contributed by atoms with Crippen molar-refractivity contribution in [2.45, 2.75) is 32.2 Å². The molecular formula is C20H22N2O2. The van der Waals surface area contributed by atoms with Crippen LogP contribution in [-0.2, 0) is 0 Å². The molecule has 4 heteroatoms. The fourth-order valence-corrected chi connectivity index (χ4v) is 3.56. The number of hydrogen-bond acceptors (Lipinski definition) is 2. The number of hydrogen-bond donors (Lipinski definition) is 1. The fourth-order valence-electron chi connectivity index (χ4n) is 3.56. The predicted octanol–water partition coefficient (Wildman–Crippen LogP) is 3.11. The molecule has 4 nitrogen and oxygen atoms in total. The number of aryl methyl sites for hydroxylation is 1. The Morgan fingerprint density at radius 3 is 2.50 bits per heavy atom. The first-order valence-electron chi connectivity index (χ1n) is 8.23. The molecule has 0 bridgehead atoms. The number of amides is 2. The largest absolute Gasteiger partial charge is 0.366 e. The number of nitrogens with zero attached hydrogens (tertiary/aromatic N) is 1. The summed E-state index contributed by atoms with van der Waals surface area (Å²) >= 11 is 0. The topological polar surface area (TPSA) is 63.4 Å². The Morgan fingerprint density at radius 1 is 1.08 bits per heavy atom. The molecule has 2 N–H and O–H groups in total. The van der Waals surface area contributed by atoms with E-state index in [2.05, 4.69) is 26.0 Å². The van der Waals surface area contributed by atoms with Gasteiger partial charge in [-0.2, -0.15) is 0 Å². The fraction of sp³-hybridized carbons (Fsp3) is 0.300. The van der Waals surface area contributed by atoms with E-state index < -0.39 is 5.91 Å². The van der Waals surface area contributed by atoms with E-state index in [0.717, 1.165) is 6.42 Å². The molecule has 1 aliphatic heterocycles. The summed E-state index contributed by atoms with van der Waals surface area (Å²) in [6.07, 6.45) is 0.950. The minimum atomic E-state index is -0.517. The summed E-state index contributed by atoms with van der Waals surface area (Å²) in [5, 5.41) is 0. The Balaban J connectivity index is 1.83. The molecule has 2 aromatic carbocycles. The molecule has 2 unspecified atom stereocenters. The van der Waals surface area contributed by atoms with Gasteiger partial charge in [0.05, 0.1) is 0 Å². The smallest absolute Gasteiger partial charge is 0.254 e. The number of nitrogens with two attached hydrogens (primary N) is 1. The molecule has 124 valence electrons. The molecule has 2 amide bonds. The molecule has 1 fully saturated rings. The molecule has 2 aromatic rings. The van der Waals surface area contributed by atoms with E-state index in [1.807, 2.05) is 17.0 Å². The standard InChI is InChI=1S/C20H22N2O2/c1-13-6-3-4-9-18(13)17-10-14(2)22(12-17)20(24)16-8-5-7-15(11-16)19(21)23/h3-9,11,14,17H,10,12H2,1-2H3,(H2,21,23). The van der Waals surface area contributed by atoms with Crippen molar-refractivity contribution >= 4 is 11.8 Å². The van der Waals surface area contributed by atoms with Crippen molar-refractivity contribution in [3.05, 3.63) is 70.8 Å². The number of carbonyl (C=O) groups excluding carboxylic acids is 2. The Kier molecular flexibility index (Phi) is 4.38. The van der Waals surface area contributed by atoms with E-state index in [-0.39, 0.29) is 11.9 Å². The minimum absolute atomic E-state index is 0.0401. The van der Waals surface area contributed by atoms with Gasteiger partial charge in [-0.15, -0.1) is 0 Å². The van der Waals surface area contributed by atoms with Crippen LogP contribution in [0, 0.1) is 6.92 Å². The molecule has 1 saturated heterocycles. The van der Waals surface area contributed by atoms with E-state index in [0.29, 0.717) is 23.6 Å². The summed E-state index contributed by atoms with van der Waals surface area (Å²) in [7, 11) is 0. The van der Waals surface area contributed by atoms with Crippen molar-refractivity contribution in [2.75, 3.05) is 6.54 Å². The van der Waals surface area contributed by atoms with Crippen LogP contribution in [0.1, 0.15) is 51.1 Å². The van der Waals surface area contributed by atoms with Crippen LogP contribution in [-0.4, -0.2) is 29.3 Å². The third-order valence-corrected chi connectivity index (χ3v) is 4.86. The van der Waals surface area contributed by atoms with Gasteiger partial charge in [-0.25, -0.2) is 0 Å². The van der Waals surface area contributed by atoms with Crippen LogP contribution < -0.4 is 5.73 Å². The molecule has 1 heterocycles. The van der Waals surface area contributed by atoms with Crippen molar-refractivity contribution in [3.63, 3.8) is 0 Å². The zero-order valence-corrected chi connectivity index (χ0v) is 14.0. The number of primary amides is 1. The van der Waals surface area contributed by atoms with E-state index in [1.54, 1.807) is 24.3 Å². The van der Waals surface area contributed by atoms with Gasteiger partial charge >= 0.3 is 0 Å². The average Bonchev–Trinajstić information content (AvgIpc) is 2.96. The normalized spacial score (nSPS) is 20.2. The second-order valence-corrected chi connectivity index (χ2v) is 6.54.